The van der Waals surface area contributed by atoms with E-state index in [2.05, 4.69) is 10.3 Å². The number of aromatic nitrogens is 1. The SMILES string of the molecule is CCNc1c(N(C)C)ccnc1OC. The van der Waals surface area contributed by atoms with Crippen molar-refractivity contribution in [3.05, 3.63) is 12.3 Å². The molecule has 1 aromatic rings. The first kappa shape index (κ1) is 10.6. The van der Waals surface area contributed by atoms with Gasteiger partial charge in [0.25, 0.3) is 0 Å². The van der Waals surface area contributed by atoms with Gasteiger partial charge in [0.1, 0.15) is 5.69 Å². The van der Waals surface area contributed by atoms with Crippen LogP contribution in [-0.2, 0) is 0 Å². The molecule has 1 rings (SSSR count). The monoisotopic (exact) mass is 195 g/mol. The molecule has 1 N–H and O–H groups in total. The van der Waals surface area contributed by atoms with Gasteiger partial charge in [-0.3, -0.25) is 0 Å². The maximum Gasteiger partial charge on any atom is 0.239 e. The van der Waals surface area contributed by atoms with E-state index in [1.54, 1.807) is 13.3 Å². The van der Waals surface area contributed by atoms with Crippen molar-refractivity contribution >= 4 is 11.4 Å². The van der Waals surface area contributed by atoms with Crippen LogP contribution in [0.4, 0.5) is 11.4 Å². The molecule has 0 aliphatic rings. The summed E-state index contributed by atoms with van der Waals surface area (Å²) in [7, 11) is 5.62. The lowest BCUT2D eigenvalue weighted by molar-refractivity contribution is 0.400. The van der Waals surface area contributed by atoms with Crippen molar-refractivity contribution in [2.75, 3.05) is 38.0 Å². The van der Waals surface area contributed by atoms with Gasteiger partial charge in [-0.1, -0.05) is 0 Å². The predicted octanol–water partition coefficient (Wildman–Crippen LogP) is 1.59. The minimum atomic E-state index is 0.637. The van der Waals surface area contributed by atoms with Crippen LogP contribution in [0.2, 0.25) is 0 Å². The predicted molar refractivity (Wildman–Crippen MR) is 59.3 cm³/mol. The fourth-order valence-electron chi connectivity index (χ4n) is 1.30. The molecule has 0 radical (unpaired) electrons. The van der Waals surface area contributed by atoms with Gasteiger partial charge in [0.2, 0.25) is 5.88 Å². The fourth-order valence-corrected chi connectivity index (χ4v) is 1.30. The Kier molecular flexibility index (Phi) is 3.56. The van der Waals surface area contributed by atoms with E-state index in [9.17, 15) is 0 Å². The van der Waals surface area contributed by atoms with Crippen molar-refractivity contribution in [1.29, 1.82) is 0 Å². The van der Waals surface area contributed by atoms with E-state index in [-0.39, 0.29) is 0 Å². The lowest BCUT2D eigenvalue weighted by Crippen LogP contribution is -2.13. The summed E-state index contributed by atoms with van der Waals surface area (Å²) in [6.45, 7) is 2.90. The van der Waals surface area contributed by atoms with Crippen LogP contribution in [0.15, 0.2) is 12.3 Å². The highest BCUT2D eigenvalue weighted by molar-refractivity contribution is 5.74. The van der Waals surface area contributed by atoms with E-state index < -0.39 is 0 Å². The lowest BCUT2D eigenvalue weighted by Gasteiger charge is -2.19. The summed E-state index contributed by atoms with van der Waals surface area (Å²) in [5.41, 5.74) is 2.03. The van der Waals surface area contributed by atoms with Crippen LogP contribution in [-0.4, -0.2) is 32.7 Å². The molecule has 0 aromatic carbocycles. The molecule has 4 nitrogen and oxygen atoms in total. The second-order valence-corrected chi connectivity index (χ2v) is 3.14. The summed E-state index contributed by atoms with van der Waals surface area (Å²) in [4.78, 5) is 6.18. The molecular formula is C10H17N3O. The molecule has 0 aliphatic heterocycles. The minimum absolute atomic E-state index is 0.637. The molecule has 0 atom stereocenters. The van der Waals surface area contributed by atoms with Gasteiger partial charge >= 0.3 is 0 Å². The first-order valence-corrected chi connectivity index (χ1v) is 4.64. The quantitative estimate of drug-likeness (QED) is 0.791. The number of nitrogens with zero attached hydrogens (tertiary/aromatic N) is 2. The zero-order chi connectivity index (χ0) is 10.6. The molecule has 0 spiro atoms. The summed E-state index contributed by atoms with van der Waals surface area (Å²) >= 11 is 0. The number of anilines is 2. The number of methoxy groups -OCH3 is 1. The number of ether oxygens (including phenoxy) is 1. The van der Waals surface area contributed by atoms with Crippen molar-refractivity contribution < 1.29 is 4.74 Å². The Morgan fingerprint density at radius 2 is 2.21 bits per heavy atom. The van der Waals surface area contributed by atoms with E-state index in [0.29, 0.717) is 5.88 Å². The molecule has 78 valence electrons. The molecule has 0 unspecified atom stereocenters. The molecule has 0 saturated heterocycles. The molecule has 0 fully saturated rings. The van der Waals surface area contributed by atoms with Gasteiger partial charge in [0, 0.05) is 26.8 Å². The van der Waals surface area contributed by atoms with Gasteiger partial charge in [0.05, 0.1) is 12.8 Å². The number of nitrogens with one attached hydrogen (secondary N) is 1. The van der Waals surface area contributed by atoms with Crippen LogP contribution in [0.1, 0.15) is 6.92 Å². The zero-order valence-electron chi connectivity index (χ0n) is 9.16. The van der Waals surface area contributed by atoms with Crippen LogP contribution < -0.4 is 15.0 Å². The van der Waals surface area contributed by atoms with Gasteiger partial charge in [-0.05, 0) is 13.0 Å². The molecule has 0 saturated carbocycles. The minimum Gasteiger partial charge on any atom is -0.479 e. The molecule has 4 heteroatoms. The summed E-state index contributed by atoms with van der Waals surface area (Å²) in [6, 6.07) is 1.96. The topological polar surface area (TPSA) is 37.4 Å². The Bertz CT molecular complexity index is 299. The first-order chi connectivity index (χ1) is 6.70. The third kappa shape index (κ3) is 2.07. The van der Waals surface area contributed by atoms with Crippen LogP contribution in [0, 0.1) is 0 Å². The summed E-state index contributed by atoms with van der Waals surface area (Å²) < 4.78 is 5.19. The highest BCUT2D eigenvalue weighted by Crippen LogP contribution is 2.31. The highest BCUT2D eigenvalue weighted by atomic mass is 16.5. The van der Waals surface area contributed by atoms with Crippen LogP contribution in [0.3, 0.4) is 0 Å². The van der Waals surface area contributed by atoms with Gasteiger partial charge in [-0.25, -0.2) is 4.98 Å². The molecule has 14 heavy (non-hydrogen) atoms. The molecule has 1 aromatic heterocycles. The highest BCUT2D eigenvalue weighted by Gasteiger charge is 2.10. The van der Waals surface area contributed by atoms with E-state index in [4.69, 9.17) is 4.74 Å². The Hall–Kier alpha value is -1.45. The largest absolute Gasteiger partial charge is 0.479 e. The molecular weight excluding hydrogens is 178 g/mol. The van der Waals surface area contributed by atoms with Crippen molar-refractivity contribution in [1.82, 2.24) is 4.98 Å². The number of pyridine rings is 1. The van der Waals surface area contributed by atoms with Gasteiger partial charge in [0.15, 0.2) is 0 Å². The number of hydrogen-bond donors (Lipinski definition) is 1. The van der Waals surface area contributed by atoms with Gasteiger partial charge < -0.3 is 15.0 Å². The second-order valence-electron chi connectivity index (χ2n) is 3.14. The van der Waals surface area contributed by atoms with Crippen LogP contribution >= 0.6 is 0 Å². The number of hydrogen-bond acceptors (Lipinski definition) is 4. The van der Waals surface area contributed by atoms with Crippen LogP contribution in [0.5, 0.6) is 5.88 Å². The Morgan fingerprint density at radius 1 is 1.50 bits per heavy atom. The normalized spacial score (nSPS) is 9.71. The Labute approximate surface area is 84.9 Å². The van der Waals surface area contributed by atoms with Gasteiger partial charge in [-0.2, -0.15) is 0 Å². The van der Waals surface area contributed by atoms with Crippen molar-refractivity contribution in [2.24, 2.45) is 0 Å². The van der Waals surface area contributed by atoms with Crippen molar-refractivity contribution in [2.45, 2.75) is 6.92 Å². The third-order valence-electron chi connectivity index (χ3n) is 1.92. The Balaban J connectivity index is 3.13. The Morgan fingerprint density at radius 3 is 2.71 bits per heavy atom. The average Bonchev–Trinajstić information content (AvgIpc) is 2.18. The molecule has 1 heterocycles. The van der Waals surface area contributed by atoms with E-state index in [1.807, 2.05) is 32.0 Å². The molecule has 0 aliphatic carbocycles. The van der Waals surface area contributed by atoms with E-state index >= 15 is 0 Å². The average molecular weight is 195 g/mol. The number of rotatable bonds is 4. The third-order valence-corrected chi connectivity index (χ3v) is 1.92. The summed E-state index contributed by atoms with van der Waals surface area (Å²) in [6.07, 6.45) is 1.75. The fraction of sp³-hybridized carbons (Fsp3) is 0.500. The van der Waals surface area contributed by atoms with Crippen molar-refractivity contribution in [3.63, 3.8) is 0 Å². The van der Waals surface area contributed by atoms with Crippen LogP contribution in [0.25, 0.3) is 0 Å². The molecule has 0 bridgehead atoms. The molecule has 0 amide bonds. The van der Waals surface area contributed by atoms with E-state index in [1.165, 1.54) is 0 Å². The smallest absolute Gasteiger partial charge is 0.239 e. The van der Waals surface area contributed by atoms with Gasteiger partial charge in [-0.15, -0.1) is 0 Å². The summed E-state index contributed by atoms with van der Waals surface area (Å²) in [5, 5.41) is 3.25. The maximum absolute atomic E-state index is 5.19. The maximum atomic E-state index is 5.19. The van der Waals surface area contributed by atoms with Crippen molar-refractivity contribution in [3.8, 4) is 5.88 Å². The lowest BCUT2D eigenvalue weighted by atomic mass is 10.3. The van der Waals surface area contributed by atoms with E-state index in [0.717, 1.165) is 17.9 Å². The first-order valence-electron chi connectivity index (χ1n) is 4.64. The zero-order valence-corrected chi connectivity index (χ0v) is 9.16. The second kappa shape index (κ2) is 4.69. The standard InChI is InChI=1S/C10H17N3O/c1-5-11-9-8(13(2)3)6-7-12-10(9)14-4/h6-7,11H,5H2,1-4H3. The summed E-state index contributed by atoms with van der Waals surface area (Å²) in [5.74, 6) is 0.637.